The molecule has 3 rings (SSSR count). The predicted molar refractivity (Wildman–Crippen MR) is 122 cm³/mol. The number of furan rings is 1. The smallest absolute Gasteiger partial charge is 0.287 e. The van der Waals surface area contributed by atoms with Gasteiger partial charge in [0.25, 0.3) is 5.91 Å². The number of carbonyl (C=O) groups is 1. The number of nitrogens with zero attached hydrogens (tertiary/aromatic N) is 4. The molecule has 0 aromatic carbocycles. The SMILES string of the molecule is CCc1nc2n(n1)CC(NC(=NC)NCCCNC(=O)c1occc1C)CC2.I. The van der Waals surface area contributed by atoms with E-state index in [1.54, 1.807) is 13.1 Å². The molecule has 0 radical (unpaired) electrons. The number of aromatic nitrogens is 3. The number of carbonyl (C=O) groups excluding carboxylic acids is 1. The number of hydrogen-bond donors (Lipinski definition) is 3. The van der Waals surface area contributed by atoms with Gasteiger partial charge in [0.1, 0.15) is 5.82 Å². The van der Waals surface area contributed by atoms with E-state index in [-0.39, 0.29) is 35.9 Å². The van der Waals surface area contributed by atoms with Crippen molar-refractivity contribution in [1.29, 1.82) is 0 Å². The van der Waals surface area contributed by atoms with E-state index in [0.29, 0.717) is 18.8 Å². The van der Waals surface area contributed by atoms with Crippen LogP contribution in [0.3, 0.4) is 0 Å². The zero-order valence-corrected chi connectivity index (χ0v) is 19.5. The Labute approximate surface area is 188 Å². The molecular formula is C19H30IN7O2. The highest BCUT2D eigenvalue weighted by molar-refractivity contribution is 14.0. The van der Waals surface area contributed by atoms with Gasteiger partial charge in [0, 0.05) is 44.6 Å². The number of aliphatic imine (C=N–C) groups is 1. The summed E-state index contributed by atoms with van der Waals surface area (Å²) in [5.41, 5.74) is 0.842. The molecule has 1 unspecified atom stereocenters. The molecule has 0 fully saturated rings. The maximum atomic E-state index is 12.0. The van der Waals surface area contributed by atoms with Crippen LogP contribution in [0.5, 0.6) is 0 Å². The Bertz CT molecular complexity index is 830. The lowest BCUT2D eigenvalue weighted by molar-refractivity contribution is 0.0925. The zero-order valence-electron chi connectivity index (χ0n) is 17.2. The predicted octanol–water partition coefficient (Wildman–Crippen LogP) is 1.66. The standard InChI is InChI=1S/C19H29N7O2.HI/c1-4-15-24-16-7-6-14(12-26(16)25-15)23-19(20-3)22-10-5-9-21-18(27)17-13(2)8-11-28-17;/h8,11,14H,4-7,9-10,12H2,1-3H3,(H,21,27)(H2,20,22,23);1H. The van der Waals surface area contributed by atoms with Gasteiger partial charge in [0.15, 0.2) is 17.5 Å². The minimum absolute atomic E-state index is 0. The fourth-order valence-corrected chi connectivity index (χ4v) is 3.20. The maximum Gasteiger partial charge on any atom is 0.287 e. The number of halogens is 1. The van der Waals surface area contributed by atoms with Crippen LogP contribution >= 0.6 is 24.0 Å². The van der Waals surface area contributed by atoms with E-state index in [9.17, 15) is 4.79 Å². The van der Waals surface area contributed by atoms with Gasteiger partial charge in [0.2, 0.25) is 0 Å². The molecule has 0 spiro atoms. The number of aryl methyl sites for hydroxylation is 3. The summed E-state index contributed by atoms with van der Waals surface area (Å²) in [6, 6.07) is 2.05. The molecule has 0 saturated heterocycles. The van der Waals surface area contributed by atoms with Crippen molar-refractivity contribution < 1.29 is 9.21 Å². The van der Waals surface area contributed by atoms with Crippen molar-refractivity contribution >= 4 is 35.8 Å². The van der Waals surface area contributed by atoms with Gasteiger partial charge in [-0.25, -0.2) is 9.67 Å². The van der Waals surface area contributed by atoms with Crippen LogP contribution in [0.4, 0.5) is 0 Å². The van der Waals surface area contributed by atoms with Crippen molar-refractivity contribution in [1.82, 2.24) is 30.7 Å². The molecule has 0 bridgehead atoms. The third-order valence-corrected chi connectivity index (χ3v) is 4.78. The van der Waals surface area contributed by atoms with Crippen LogP contribution in [-0.2, 0) is 19.4 Å². The molecule has 3 N–H and O–H groups in total. The average molecular weight is 515 g/mol. The van der Waals surface area contributed by atoms with Crippen molar-refractivity contribution in [3.63, 3.8) is 0 Å². The quantitative estimate of drug-likeness (QED) is 0.224. The average Bonchev–Trinajstić information content (AvgIpc) is 3.31. The van der Waals surface area contributed by atoms with Gasteiger partial charge in [-0.1, -0.05) is 6.92 Å². The second-order valence-electron chi connectivity index (χ2n) is 6.90. The van der Waals surface area contributed by atoms with Crippen molar-refractivity contribution in [3.05, 3.63) is 35.3 Å². The Morgan fingerprint density at radius 2 is 2.17 bits per heavy atom. The Morgan fingerprint density at radius 1 is 1.38 bits per heavy atom. The molecule has 2 aromatic rings. The molecule has 2 aromatic heterocycles. The fourth-order valence-electron chi connectivity index (χ4n) is 3.20. The fraction of sp³-hybridized carbons (Fsp3) is 0.579. The third kappa shape index (κ3) is 6.18. The van der Waals surface area contributed by atoms with Crippen molar-refractivity contribution in [2.45, 2.75) is 52.1 Å². The summed E-state index contributed by atoms with van der Waals surface area (Å²) < 4.78 is 7.19. The molecular weight excluding hydrogens is 485 g/mol. The number of fused-ring (bicyclic) bond motifs is 1. The van der Waals surface area contributed by atoms with Gasteiger partial charge in [0.05, 0.1) is 12.8 Å². The highest BCUT2D eigenvalue weighted by Gasteiger charge is 2.22. The molecule has 0 aliphatic carbocycles. The van der Waals surface area contributed by atoms with Crippen LogP contribution in [0.15, 0.2) is 21.7 Å². The lowest BCUT2D eigenvalue weighted by atomic mass is 10.1. The summed E-state index contributed by atoms with van der Waals surface area (Å²) in [7, 11) is 1.76. The monoisotopic (exact) mass is 515 g/mol. The largest absolute Gasteiger partial charge is 0.459 e. The molecule has 1 aliphatic heterocycles. The number of amides is 1. The zero-order chi connectivity index (χ0) is 19.9. The first-order valence-corrected chi connectivity index (χ1v) is 9.82. The van der Waals surface area contributed by atoms with E-state index < -0.39 is 0 Å². The van der Waals surface area contributed by atoms with E-state index in [1.807, 2.05) is 11.6 Å². The van der Waals surface area contributed by atoms with Gasteiger partial charge in [-0.3, -0.25) is 9.79 Å². The van der Waals surface area contributed by atoms with Crippen molar-refractivity contribution in [3.8, 4) is 0 Å². The maximum absolute atomic E-state index is 12.0. The van der Waals surface area contributed by atoms with Crippen LogP contribution in [0.2, 0.25) is 0 Å². The van der Waals surface area contributed by atoms with Crippen LogP contribution < -0.4 is 16.0 Å². The van der Waals surface area contributed by atoms with E-state index >= 15 is 0 Å². The second kappa shape index (κ2) is 11.2. The van der Waals surface area contributed by atoms with Crippen molar-refractivity contribution in [2.75, 3.05) is 20.1 Å². The van der Waals surface area contributed by atoms with E-state index in [4.69, 9.17) is 4.42 Å². The first-order valence-electron chi connectivity index (χ1n) is 9.82. The molecule has 9 nitrogen and oxygen atoms in total. The molecule has 160 valence electrons. The third-order valence-electron chi connectivity index (χ3n) is 4.78. The minimum atomic E-state index is -0.178. The Kier molecular flexibility index (Phi) is 8.93. The van der Waals surface area contributed by atoms with Gasteiger partial charge in [-0.05, 0) is 25.8 Å². The van der Waals surface area contributed by atoms with E-state index in [0.717, 1.165) is 55.4 Å². The molecule has 10 heteroatoms. The highest BCUT2D eigenvalue weighted by atomic mass is 127. The minimum Gasteiger partial charge on any atom is -0.459 e. The Hall–Kier alpha value is -2.11. The topological polar surface area (TPSA) is 109 Å². The molecule has 29 heavy (non-hydrogen) atoms. The molecule has 3 heterocycles. The first-order chi connectivity index (χ1) is 13.6. The molecule has 1 amide bonds. The first kappa shape index (κ1) is 23.2. The summed E-state index contributed by atoms with van der Waals surface area (Å²) in [5.74, 6) is 2.94. The number of nitrogens with one attached hydrogen (secondary N) is 3. The summed E-state index contributed by atoms with van der Waals surface area (Å²) in [4.78, 5) is 20.8. The Morgan fingerprint density at radius 3 is 2.86 bits per heavy atom. The van der Waals surface area contributed by atoms with Gasteiger partial charge in [-0.15, -0.1) is 24.0 Å². The Balaban J connectivity index is 0.00000300. The summed E-state index contributed by atoms with van der Waals surface area (Å²) in [6.45, 7) is 5.99. The summed E-state index contributed by atoms with van der Waals surface area (Å²) in [5, 5.41) is 14.2. The van der Waals surface area contributed by atoms with Crippen LogP contribution in [-0.4, -0.2) is 52.8 Å². The van der Waals surface area contributed by atoms with Gasteiger partial charge >= 0.3 is 0 Å². The van der Waals surface area contributed by atoms with Gasteiger partial charge in [-0.2, -0.15) is 5.10 Å². The lowest BCUT2D eigenvalue weighted by Crippen LogP contribution is -2.47. The van der Waals surface area contributed by atoms with E-state index in [1.165, 1.54) is 6.26 Å². The lowest BCUT2D eigenvalue weighted by Gasteiger charge is -2.25. The van der Waals surface area contributed by atoms with Crippen LogP contribution in [0.25, 0.3) is 0 Å². The summed E-state index contributed by atoms with van der Waals surface area (Å²) >= 11 is 0. The van der Waals surface area contributed by atoms with E-state index in [2.05, 4.69) is 37.9 Å². The van der Waals surface area contributed by atoms with Gasteiger partial charge < -0.3 is 20.4 Å². The molecule has 1 atom stereocenters. The normalized spacial score (nSPS) is 16.0. The van der Waals surface area contributed by atoms with Crippen LogP contribution in [0, 0.1) is 6.92 Å². The number of rotatable bonds is 7. The number of hydrogen-bond acceptors (Lipinski definition) is 5. The number of guanidine groups is 1. The molecule has 0 saturated carbocycles. The molecule has 1 aliphatic rings. The highest BCUT2D eigenvalue weighted by Crippen LogP contribution is 2.13. The summed E-state index contributed by atoms with van der Waals surface area (Å²) in [6.07, 6.45) is 5.08. The van der Waals surface area contributed by atoms with Crippen LogP contribution in [0.1, 0.15) is 47.5 Å². The van der Waals surface area contributed by atoms with Crippen molar-refractivity contribution in [2.24, 2.45) is 4.99 Å². The second-order valence-corrected chi connectivity index (χ2v) is 6.90.